The van der Waals surface area contributed by atoms with Gasteiger partial charge in [0.25, 0.3) is 5.91 Å². The molecule has 37 heavy (non-hydrogen) atoms. The van der Waals surface area contributed by atoms with Crippen LogP contribution in [0.1, 0.15) is 52.2 Å². The fraction of sp³-hybridized carbons (Fsp3) is 0.370. The van der Waals surface area contributed by atoms with Crippen LogP contribution in [0.2, 0.25) is 0 Å². The normalized spacial score (nSPS) is 17.2. The minimum absolute atomic E-state index is 0.0612. The zero-order chi connectivity index (χ0) is 26.7. The first-order valence-corrected chi connectivity index (χ1v) is 12.1. The van der Waals surface area contributed by atoms with Gasteiger partial charge < -0.3 is 24.7 Å². The molecule has 1 aromatic carbocycles. The Morgan fingerprint density at radius 2 is 1.70 bits per heavy atom. The summed E-state index contributed by atoms with van der Waals surface area (Å²) in [6.45, 7) is 1.88. The number of aryl methyl sites for hydroxylation is 1. The molecule has 1 aliphatic carbocycles. The average molecular weight is 507 g/mol. The Morgan fingerprint density at radius 3 is 2.32 bits per heavy atom. The van der Waals surface area contributed by atoms with Crippen molar-refractivity contribution >= 4 is 46.2 Å². The Morgan fingerprint density at radius 1 is 1.00 bits per heavy atom. The molecule has 0 saturated heterocycles. The lowest BCUT2D eigenvalue weighted by atomic mass is 9.81. The predicted octanol–water partition coefficient (Wildman–Crippen LogP) is 4.01. The van der Waals surface area contributed by atoms with E-state index in [1.54, 1.807) is 55.5 Å². The van der Waals surface area contributed by atoms with Crippen LogP contribution in [0, 0.1) is 18.8 Å². The van der Waals surface area contributed by atoms with Crippen molar-refractivity contribution < 1.29 is 28.3 Å². The van der Waals surface area contributed by atoms with Gasteiger partial charge in [-0.1, -0.05) is 12.1 Å². The first kappa shape index (κ1) is 25.9. The van der Waals surface area contributed by atoms with E-state index in [1.165, 1.54) is 7.11 Å². The SMILES string of the molecule is COC(=O)c1cccc2oc(C(=O)Nc3ccc(C)cn3)c(NC(=O)[C@H]3CC[C@H](C(=O)N(C)C)CC3)c12. The van der Waals surface area contributed by atoms with E-state index in [-0.39, 0.29) is 51.6 Å². The van der Waals surface area contributed by atoms with Crippen LogP contribution in [-0.2, 0) is 14.3 Å². The van der Waals surface area contributed by atoms with Crippen molar-refractivity contribution in [1.82, 2.24) is 9.88 Å². The van der Waals surface area contributed by atoms with Gasteiger partial charge in [-0.25, -0.2) is 9.78 Å². The number of carbonyl (C=O) groups excluding carboxylic acids is 4. The molecule has 0 spiro atoms. The molecule has 1 fully saturated rings. The second-order valence-electron chi connectivity index (χ2n) is 9.42. The van der Waals surface area contributed by atoms with E-state index < -0.39 is 11.9 Å². The smallest absolute Gasteiger partial charge is 0.338 e. The van der Waals surface area contributed by atoms with Crippen LogP contribution in [0.4, 0.5) is 11.5 Å². The largest absolute Gasteiger partial charge is 0.465 e. The summed E-state index contributed by atoms with van der Waals surface area (Å²) < 4.78 is 10.8. The molecule has 1 saturated carbocycles. The molecule has 0 aliphatic heterocycles. The van der Waals surface area contributed by atoms with Gasteiger partial charge in [-0.3, -0.25) is 14.4 Å². The van der Waals surface area contributed by atoms with Gasteiger partial charge in [-0.15, -0.1) is 0 Å². The number of furan rings is 1. The number of esters is 1. The van der Waals surface area contributed by atoms with Crippen LogP contribution in [0.5, 0.6) is 0 Å². The maximum Gasteiger partial charge on any atom is 0.338 e. The number of ether oxygens (including phenoxy) is 1. The standard InChI is InChI=1S/C27H30N4O6/c1-15-8-13-20(28-14-15)29-25(33)23-22(21-18(27(35)36-4)6-5-7-19(21)37-23)30-24(32)16-9-11-17(12-10-16)26(34)31(2)3/h5-8,13-14,16-17H,9-12H2,1-4H3,(H,30,32)(H,28,29,33)/t16-,17-. The monoisotopic (exact) mass is 506 g/mol. The number of pyridine rings is 1. The van der Waals surface area contributed by atoms with Crippen LogP contribution < -0.4 is 10.6 Å². The van der Waals surface area contributed by atoms with Gasteiger partial charge in [0.05, 0.1) is 18.1 Å². The summed E-state index contributed by atoms with van der Waals surface area (Å²) in [5.41, 5.74) is 1.43. The second kappa shape index (κ2) is 10.8. The van der Waals surface area contributed by atoms with Crippen LogP contribution in [0.3, 0.4) is 0 Å². The Labute approximate surface area is 214 Å². The van der Waals surface area contributed by atoms with Crippen LogP contribution in [-0.4, -0.2) is 54.8 Å². The number of nitrogens with zero attached hydrogens (tertiary/aromatic N) is 2. The third kappa shape index (κ3) is 5.47. The van der Waals surface area contributed by atoms with Gasteiger partial charge in [0.1, 0.15) is 17.1 Å². The van der Waals surface area contributed by atoms with E-state index in [2.05, 4.69) is 15.6 Å². The maximum atomic E-state index is 13.3. The molecule has 10 heteroatoms. The number of methoxy groups -OCH3 is 1. The quantitative estimate of drug-likeness (QED) is 0.483. The van der Waals surface area contributed by atoms with Crippen molar-refractivity contribution in [3.63, 3.8) is 0 Å². The molecular weight excluding hydrogens is 476 g/mol. The summed E-state index contributed by atoms with van der Waals surface area (Å²) >= 11 is 0. The minimum Gasteiger partial charge on any atom is -0.465 e. The Kier molecular flexibility index (Phi) is 7.56. The van der Waals surface area contributed by atoms with Crippen molar-refractivity contribution in [2.24, 2.45) is 11.8 Å². The van der Waals surface area contributed by atoms with E-state index >= 15 is 0 Å². The number of rotatable bonds is 6. The molecule has 3 aromatic rings. The lowest BCUT2D eigenvalue weighted by molar-refractivity contribution is -0.135. The average Bonchev–Trinajstić information content (AvgIpc) is 3.27. The molecular formula is C27H30N4O6. The number of anilines is 2. The van der Waals surface area contributed by atoms with Gasteiger partial charge in [0.15, 0.2) is 0 Å². The van der Waals surface area contributed by atoms with Crippen LogP contribution in [0.25, 0.3) is 11.0 Å². The third-order valence-electron chi connectivity index (χ3n) is 6.62. The number of hydrogen-bond donors (Lipinski definition) is 2. The molecule has 0 bridgehead atoms. The zero-order valence-corrected chi connectivity index (χ0v) is 21.3. The molecule has 0 unspecified atom stereocenters. The highest BCUT2D eigenvalue weighted by atomic mass is 16.5. The molecule has 2 N–H and O–H groups in total. The predicted molar refractivity (Wildman–Crippen MR) is 137 cm³/mol. The van der Waals surface area contributed by atoms with Gasteiger partial charge in [0, 0.05) is 32.1 Å². The van der Waals surface area contributed by atoms with E-state index in [4.69, 9.17) is 9.15 Å². The summed E-state index contributed by atoms with van der Waals surface area (Å²) in [5.74, 6) is -1.80. The highest BCUT2D eigenvalue weighted by Crippen LogP contribution is 2.36. The minimum atomic E-state index is -0.628. The Hall–Kier alpha value is -4.21. The summed E-state index contributed by atoms with van der Waals surface area (Å²) in [6.07, 6.45) is 3.88. The first-order chi connectivity index (χ1) is 17.7. The lowest BCUT2D eigenvalue weighted by Crippen LogP contribution is -2.35. The molecule has 3 amide bonds. The van der Waals surface area contributed by atoms with E-state index in [0.29, 0.717) is 31.5 Å². The number of fused-ring (bicyclic) bond motifs is 1. The van der Waals surface area contributed by atoms with Crippen molar-refractivity contribution in [3.05, 3.63) is 53.4 Å². The molecule has 1 aliphatic rings. The summed E-state index contributed by atoms with van der Waals surface area (Å²) in [4.78, 5) is 57.1. The topological polar surface area (TPSA) is 131 Å². The molecule has 0 atom stereocenters. The molecule has 2 heterocycles. The Bertz CT molecular complexity index is 1340. The van der Waals surface area contributed by atoms with Crippen molar-refractivity contribution in [2.45, 2.75) is 32.6 Å². The summed E-state index contributed by atoms with van der Waals surface area (Å²) in [5, 5.41) is 5.80. The van der Waals surface area contributed by atoms with Crippen LogP contribution >= 0.6 is 0 Å². The number of amides is 3. The highest BCUT2D eigenvalue weighted by Gasteiger charge is 2.33. The van der Waals surface area contributed by atoms with Crippen molar-refractivity contribution in [1.29, 1.82) is 0 Å². The lowest BCUT2D eigenvalue weighted by Gasteiger charge is -2.28. The third-order valence-corrected chi connectivity index (χ3v) is 6.62. The Balaban J connectivity index is 1.65. The van der Waals surface area contributed by atoms with Crippen molar-refractivity contribution in [2.75, 3.05) is 31.8 Å². The fourth-order valence-electron chi connectivity index (χ4n) is 4.62. The zero-order valence-electron chi connectivity index (χ0n) is 21.3. The van der Waals surface area contributed by atoms with Gasteiger partial charge in [-0.2, -0.15) is 0 Å². The molecule has 2 aromatic heterocycles. The molecule has 0 radical (unpaired) electrons. The number of hydrogen-bond acceptors (Lipinski definition) is 7. The molecule has 10 nitrogen and oxygen atoms in total. The van der Waals surface area contributed by atoms with Gasteiger partial charge >= 0.3 is 5.97 Å². The molecule has 194 valence electrons. The van der Waals surface area contributed by atoms with E-state index in [9.17, 15) is 19.2 Å². The second-order valence-corrected chi connectivity index (χ2v) is 9.42. The first-order valence-electron chi connectivity index (χ1n) is 12.1. The van der Waals surface area contributed by atoms with Crippen LogP contribution in [0.15, 0.2) is 40.9 Å². The highest BCUT2D eigenvalue weighted by molar-refractivity contribution is 6.18. The van der Waals surface area contributed by atoms with E-state index in [1.807, 2.05) is 6.92 Å². The molecule has 4 rings (SSSR count). The van der Waals surface area contributed by atoms with E-state index in [0.717, 1.165) is 5.56 Å². The number of nitrogens with one attached hydrogen (secondary N) is 2. The van der Waals surface area contributed by atoms with Crippen molar-refractivity contribution in [3.8, 4) is 0 Å². The number of aromatic nitrogens is 1. The number of carbonyl (C=O) groups is 4. The maximum absolute atomic E-state index is 13.3. The van der Waals surface area contributed by atoms with Gasteiger partial charge in [-0.05, 0) is 56.4 Å². The summed E-state index contributed by atoms with van der Waals surface area (Å²) in [6, 6.07) is 8.21. The van der Waals surface area contributed by atoms with Gasteiger partial charge in [0.2, 0.25) is 17.6 Å². The fourth-order valence-corrected chi connectivity index (χ4v) is 4.62. The summed E-state index contributed by atoms with van der Waals surface area (Å²) in [7, 11) is 4.70. The number of benzene rings is 1.